The van der Waals surface area contributed by atoms with Gasteiger partial charge in [-0.3, -0.25) is 0 Å². The van der Waals surface area contributed by atoms with Gasteiger partial charge in [0.25, 0.3) is 0 Å². The average molecular weight is 234 g/mol. The maximum atomic E-state index is 11.7. The van der Waals surface area contributed by atoms with Gasteiger partial charge < -0.3 is 0 Å². The van der Waals surface area contributed by atoms with Gasteiger partial charge in [-0.05, 0) is 25.0 Å². The molecule has 0 aromatic heterocycles. The summed E-state index contributed by atoms with van der Waals surface area (Å²) in [7, 11) is -3.28. The van der Waals surface area contributed by atoms with E-state index in [0.717, 1.165) is 6.42 Å². The van der Waals surface area contributed by atoms with E-state index in [9.17, 15) is 8.42 Å². The first kappa shape index (κ1) is 12.5. The number of benzene rings is 1. The summed E-state index contributed by atoms with van der Waals surface area (Å²) in [5.74, 6) is 2.51. The van der Waals surface area contributed by atoms with Crippen molar-refractivity contribution in [2.24, 2.45) is 0 Å². The number of allylic oxidation sites excluding steroid dienone is 1. The number of sulfone groups is 1. The van der Waals surface area contributed by atoms with Crippen molar-refractivity contribution in [2.75, 3.05) is 0 Å². The van der Waals surface area contributed by atoms with Crippen molar-refractivity contribution in [3.05, 3.63) is 41.8 Å². The van der Waals surface area contributed by atoms with Crippen molar-refractivity contribution in [2.45, 2.75) is 24.2 Å². The van der Waals surface area contributed by atoms with Crippen LogP contribution < -0.4 is 0 Å². The zero-order chi connectivity index (χ0) is 11.9. The smallest absolute Gasteiger partial charge is 0.199 e. The van der Waals surface area contributed by atoms with E-state index in [-0.39, 0.29) is 0 Å². The van der Waals surface area contributed by atoms with Gasteiger partial charge in [-0.25, -0.2) is 8.42 Å². The first-order valence-corrected chi connectivity index (χ1v) is 6.61. The lowest BCUT2D eigenvalue weighted by Gasteiger charge is -1.97. The van der Waals surface area contributed by atoms with Crippen LogP contribution in [0.3, 0.4) is 0 Å². The Morgan fingerprint density at radius 2 is 1.94 bits per heavy atom. The molecule has 0 unspecified atom stereocenters. The van der Waals surface area contributed by atoms with Crippen LogP contribution >= 0.6 is 0 Å². The molecule has 0 radical (unpaired) electrons. The van der Waals surface area contributed by atoms with Crippen LogP contribution in [0.5, 0.6) is 0 Å². The van der Waals surface area contributed by atoms with E-state index in [1.165, 1.54) is 5.41 Å². The molecule has 0 fully saturated rings. The lowest BCUT2D eigenvalue weighted by molar-refractivity contribution is 0.604. The van der Waals surface area contributed by atoms with Gasteiger partial charge in [0.05, 0.1) is 4.90 Å². The summed E-state index contributed by atoms with van der Waals surface area (Å²) in [4.78, 5) is 0.322. The van der Waals surface area contributed by atoms with Gasteiger partial charge in [-0.15, -0.1) is 12.3 Å². The molecule has 16 heavy (non-hydrogen) atoms. The second kappa shape index (κ2) is 6.14. The minimum atomic E-state index is -3.28. The topological polar surface area (TPSA) is 34.1 Å². The molecule has 0 aliphatic carbocycles. The molecule has 0 saturated heterocycles. The van der Waals surface area contributed by atoms with E-state index < -0.39 is 9.84 Å². The summed E-state index contributed by atoms with van der Waals surface area (Å²) >= 11 is 0. The monoisotopic (exact) mass is 234 g/mol. The fraction of sp³-hybridized carbons (Fsp3) is 0.231. The Morgan fingerprint density at radius 3 is 2.56 bits per heavy atom. The Morgan fingerprint density at radius 1 is 1.25 bits per heavy atom. The molecule has 0 atom stereocenters. The van der Waals surface area contributed by atoms with Gasteiger partial charge in [0.2, 0.25) is 0 Å². The molecule has 2 nitrogen and oxygen atoms in total. The van der Waals surface area contributed by atoms with Crippen LogP contribution in [0.4, 0.5) is 0 Å². The molecular formula is C13H14O2S. The minimum Gasteiger partial charge on any atom is -0.219 e. The van der Waals surface area contributed by atoms with Crippen LogP contribution in [-0.2, 0) is 9.84 Å². The van der Waals surface area contributed by atoms with Gasteiger partial charge >= 0.3 is 0 Å². The molecule has 0 aliphatic rings. The molecule has 3 heteroatoms. The maximum absolute atomic E-state index is 11.7. The van der Waals surface area contributed by atoms with Crippen LogP contribution in [0.25, 0.3) is 0 Å². The Balaban J connectivity index is 2.64. The molecule has 1 aromatic rings. The third-order valence-corrected chi connectivity index (χ3v) is 3.52. The highest BCUT2D eigenvalue weighted by Crippen LogP contribution is 2.11. The summed E-state index contributed by atoms with van der Waals surface area (Å²) in [6, 6.07) is 8.37. The largest absolute Gasteiger partial charge is 0.219 e. The van der Waals surface area contributed by atoms with Crippen molar-refractivity contribution >= 4 is 9.84 Å². The predicted molar refractivity (Wildman–Crippen MR) is 65.5 cm³/mol. The molecule has 0 amide bonds. The van der Waals surface area contributed by atoms with Gasteiger partial charge in [0.15, 0.2) is 9.84 Å². The van der Waals surface area contributed by atoms with Crippen molar-refractivity contribution in [3.63, 3.8) is 0 Å². The van der Waals surface area contributed by atoms with Crippen molar-refractivity contribution in [1.29, 1.82) is 0 Å². The quantitative estimate of drug-likeness (QED) is 0.580. The molecule has 1 rings (SSSR count). The first-order chi connectivity index (χ1) is 7.67. The maximum Gasteiger partial charge on any atom is 0.199 e. The molecule has 1 aromatic carbocycles. The molecule has 0 aliphatic heterocycles. The third-order valence-electron chi connectivity index (χ3n) is 2.04. The van der Waals surface area contributed by atoms with E-state index in [2.05, 4.69) is 5.92 Å². The van der Waals surface area contributed by atoms with E-state index in [0.29, 0.717) is 17.7 Å². The van der Waals surface area contributed by atoms with Crippen LogP contribution in [0.15, 0.2) is 46.7 Å². The summed E-state index contributed by atoms with van der Waals surface area (Å²) in [6.45, 7) is 0. The molecule has 0 spiro atoms. The number of terminal acetylenes is 1. The summed E-state index contributed by atoms with van der Waals surface area (Å²) in [6.07, 6.45) is 8.93. The van der Waals surface area contributed by atoms with Gasteiger partial charge in [0.1, 0.15) is 0 Å². The van der Waals surface area contributed by atoms with Gasteiger partial charge in [-0.1, -0.05) is 24.3 Å². The Labute approximate surface area is 96.9 Å². The van der Waals surface area contributed by atoms with E-state index >= 15 is 0 Å². The number of rotatable bonds is 5. The standard InChI is InChI=1S/C13H14O2S/c1-2-3-4-5-9-12-16(14,15)13-10-7-6-8-11-13/h1,6-12H,3-5H2/b12-9+. The van der Waals surface area contributed by atoms with E-state index in [4.69, 9.17) is 6.42 Å². The van der Waals surface area contributed by atoms with Crippen molar-refractivity contribution in [1.82, 2.24) is 0 Å². The fourth-order valence-corrected chi connectivity index (χ4v) is 2.29. The molecule has 0 heterocycles. The number of hydrogen-bond donors (Lipinski definition) is 0. The van der Waals surface area contributed by atoms with Crippen LogP contribution in [0, 0.1) is 12.3 Å². The third kappa shape index (κ3) is 3.92. The zero-order valence-electron chi connectivity index (χ0n) is 8.96. The lowest BCUT2D eigenvalue weighted by atomic mass is 10.2. The van der Waals surface area contributed by atoms with Crippen LogP contribution in [0.1, 0.15) is 19.3 Å². The number of unbranched alkanes of at least 4 members (excludes halogenated alkanes) is 2. The second-order valence-electron chi connectivity index (χ2n) is 3.33. The summed E-state index contributed by atoms with van der Waals surface area (Å²) < 4.78 is 23.5. The second-order valence-corrected chi connectivity index (χ2v) is 5.16. The average Bonchev–Trinajstić information content (AvgIpc) is 2.30. The van der Waals surface area contributed by atoms with Crippen molar-refractivity contribution < 1.29 is 8.42 Å². The van der Waals surface area contributed by atoms with E-state index in [1.807, 2.05) is 0 Å². The normalized spacial score (nSPS) is 11.4. The molecule has 84 valence electrons. The van der Waals surface area contributed by atoms with Gasteiger partial charge in [0, 0.05) is 11.8 Å². The van der Waals surface area contributed by atoms with Crippen LogP contribution in [0.2, 0.25) is 0 Å². The Bertz CT molecular complexity index is 478. The highest BCUT2D eigenvalue weighted by molar-refractivity contribution is 7.94. The van der Waals surface area contributed by atoms with Gasteiger partial charge in [-0.2, -0.15) is 0 Å². The molecule has 0 saturated carbocycles. The van der Waals surface area contributed by atoms with Crippen molar-refractivity contribution in [3.8, 4) is 12.3 Å². The molecule has 0 N–H and O–H groups in total. The molecular weight excluding hydrogens is 220 g/mol. The fourth-order valence-electron chi connectivity index (χ4n) is 1.21. The highest BCUT2D eigenvalue weighted by Gasteiger charge is 2.07. The minimum absolute atomic E-state index is 0.322. The van der Waals surface area contributed by atoms with E-state index in [1.54, 1.807) is 36.4 Å². The highest BCUT2D eigenvalue weighted by atomic mass is 32.2. The predicted octanol–water partition coefficient (Wildman–Crippen LogP) is 2.78. The summed E-state index contributed by atoms with van der Waals surface area (Å²) in [5.41, 5.74) is 0. The SMILES string of the molecule is C#CCCC/C=C/S(=O)(=O)c1ccccc1. The molecule has 0 bridgehead atoms. The number of hydrogen-bond acceptors (Lipinski definition) is 2. The first-order valence-electron chi connectivity index (χ1n) is 5.07. The lowest BCUT2D eigenvalue weighted by Crippen LogP contribution is -1.95. The zero-order valence-corrected chi connectivity index (χ0v) is 9.78. The van der Waals surface area contributed by atoms with Crippen LogP contribution in [-0.4, -0.2) is 8.42 Å². The Kier molecular flexibility index (Phi) is 4.81. The Hall–Kier alpha value is -1.53. The summed E-state index contributed by atoms with van der Waals surface area (Å²) in [5, 5.41) is 1.25.